The van der Waals surface area contributed by atoms with Crippen molar-refractivity contribution in [1.29, 1.82) is 0 Å². The lowest BCUT2D eigenvalue weighted by Crippen LogP contribution is -2.31. The Labute approximate surface area is 157 Å². The molecule has 138 valence electrons. The molecule has 1 unspecified atom stereocenters. The van der Waals surface area contributed by atoms with Gasteiger partial charge in [-0.15, -0.1) is 0 Å². The minimum atomic E-state index is -0.466. The number of anilines is 3. The Balaban J connectivity index is 1.94. The zero-order chi connectivity index (χ0) is 19.1. The van der Waals surface area contributed by atoms with Gasteiger partial charge in [0.2, 0.25) is 11.8 Å². The third-order valence-corrected chi connectivity index (χ3v) is 3.98. The summed E-state index contributed by atoms with van der Waals surface area (Å²) in [7, 11) is 1.53. The van der Waals surface area contributed by atoms with E-state index in [1.165, 1.54) is 7.11 Å². The summed E-state index contributed by atoms with van der Waals surface area (Å²) >= 11 is 6.06. The van der Waals surface area contributed by atoms with E-state index in [0.29, 0.717) is 28.6 Å². The summed E-state index contributed by atoms with van der Waals surface area (Å²) in [6.07, 6.45) is 0.423. The second kappa shape index (κ2) is 9.10. The third-order valence-electron chi connectivity index (χ3n) is 3.69. The molecule has 0 bridgehead atoms. The van der Waals surface area contributed by atoms with Crippen molar-refractivity contribution >= 4 is 40.5 Å². The average molecular weight is 376 g/mol. The Bertz CT molecular complexity index is 778. The number of hydrogen-bond donors (Lipinski definition) is 3. The Hall–Kier alpha value is -2.73. The number of methoxy groups -OCH3 is 1. The van der Waals surface area contributed by atoms with Crippen LogP contribution in [0.25, 0.3) is 0 Å². The quantitative estimate of drug-likeness (QED) is 0.679. The van der Waals surface area contributed by atoms with Crippen LogP contribution in [0.1, 0.15) is 20.3 Å². The first kappa shape index (κ1) is 19.6. The van der Waals surface area contributed by atoms with Gasteiger partial charge in [0.1, 0.15) is 11.8 Å². The standard InChI is InChI=1S/C19H22ClN3O3/c1-4-18(24)22-14-7-5-13(6-8-14)21-12(2)19(25)23-15-9-10-17(26-3)16(20)11-15/h5-12,21H,4H2,1-3H3,(H,22,24)(H,23,25). The molecule has 1 atom stereocenters. The molecule has 2 aromatic carbocycles. The molecule has 0 saturated carbocycles. The summed E-state index contributed by atoms with van der Waals surface area (Å²) in [5.41, 5.74) is 2.08. The van der Waals surface area contributed by atoms with Gasteiger partial charge in [-0.1, -0.05) is 18.5 Å². The van der Waals surface area contributed by atoms with Gasteiger partial charge < -0.3 is 20.7 Å². The molecule has 0 fully saturated rings. The Morgan fingerprint density at radius 3 is 2.23 bits per heavy atom. The van der Waals surface area contributed by atoms with E-state index in [1.54, 1.807) is 56.3 Å². The predicted molar refractivity (Wildman–Crippen MR) is 105 cm³/mol. The minimum Gasteiger partial charge on any atom is -0.495 e. The van der Waals surface area contributed by atoms with Gasteiger partial charge in [-0.25, -0.2) is 0 Å². The van der Waals surface area contributed by atoms with Crippen molar-refractivity contribution in [3.8, 4) is 5.75 Å². The number of carbonyl (C=O) groups is 2. The number of rotatable bonds is 7. The van der Waals surface area contributed by atoms with E-state index in [9.17, 15) is 9.59 Å². The number of benzene rings is 2. The highest BCUT2D eigenvalue weighted by atomic mass is 35.5. The molecule has 0 aromatic heterocycles. The fourth-order valence-corrected chi connectivity index (χ4v) is 2.47. The van der Waals surface area contributed by atoms with E-state index in [4.69, 9.17) is 16.3 Å². The van der Waals surface area contributed by atoms with Crippen molar-refractivity contribution < 1.29 is 14.3 Å². The summed E-state index contributed by atoms with van der Waals surface area (Å²) in [4.78, 5) is 23.7. The van der Waals surface area contributed by atoms with Crippen molar-refractivity contribution in [3.63, 3.8) is 0 Å². The van der Waals surface area contributed by atoms with Crippen LogP contribution in [0.15, 0.2) is 42.5 Å². The molecule has 26 heavy (non-hydrogen) atoms. The van der Waals surface area contributed by atoms with Gasteiger partial charge in [0, 0.05) is 23.5 Å². The van der Waals surface area contributed by atoms with E-state index in [0.717, 1.165) is 5.69 Å². The van der Waals surface area contributed by atoms with Gasteiger partial charge >= 0.3 is 0 Å². The lowest BCUT2D eigenvalue weighted by atomic mass is 10.2. The first-order valence-corrected chi connectivity index (χ1v) is 8.61. The zero-order valence-electron chi connectivity index (χ0n) is 14.9. The molecule has 0 aliphatic heterocycles. The predicted octanol–water partition coefficient (Wildman–Crippen LogP) is 4.14. The van der Waals surface area contributed by atoms with Crippen molar-refractivity contribution in [2.75, 3.05) is 23.1 Å². The molecular weight excluding hydrogens is 354 g/mol. The highest BCUT2D eigenvalue weighted by molar-refractivity contribution is 6.32. The lowest BCUT2D eigenvalue weighted by molar-refractivity contribution is -0.117. The smallest absolute Gasteiger partial charge is 0.246 e. The largest absolute Gasteiger partial charge is 0.495 e. The van der Waals surface area contributed by atoms with E-state index in [1.807, 2.05) is 0 Å². The lowest BCUT2D eigenvalue weighted by Gasteiger charge is -2.16. The van der Waals surface area contributed by atoms with E-state index < -0.39 is 6.04 Å². The molecule has 0 saturated heterocycles. The normalized spacial score (nSPS) is 11.4. The van der Waals surface area contributed by atoms with Crippen molar-refractivity contribution in [2.24, 2.45) is 0 Å². The Morgan fingerprint density at radius 1 is 1.04 bits per heavy atom. The summed E-state index contributed by atoms with van der Waals surface area (Å²) in [6.45, 7) is 3.55. The fourth-order valence-electron chi connectivity index (χ4n) is 2.21. The summed E-state index contributed by atoms with van der Waals surface area (Å²) < 4.78 is 5.09. The van der Waals surface area contributed by atoms with E-state index >= 15 is 0 Å². The molecule has 2 rings (SSSR count). The molecule has 2 amide bonds. The summed E-state index contributed by atoms with van der Waals surface area (Å²) in [5.74, 6) is 0.303. The van der Waals surface area contributed by atoms with E-state index in [-0.39, 0.29) is 11.8 Å². The van der Waals surface area contributed by atoms with Gasteiger partial charge in [0.15, 0.2) is 0 Å². The summed E-state index contributed by atoms with van der Waals surface area (Å²) in [5, 5.41) is 9.11. The van der Waals surface area contributed by atoms with E-state index in [2.05, 4.69) is 16.0 Å². The first-order chi connectivity index (χ1) is 12.4. The van der Waals surface area contributed by atoms with Crippen LogP contribution >= 0.6 is 11.6 Å². The highest BCUT2D eigenvalue weighted by Crippen LogP contribution is 2.27. The second-order valence-electron chi connectivity index (χ2n) is 5.68. The van der Waals surface area contributed by atoms with Crippen LogP contribution in [0.5, 0.6) is 5.75 Å². The van der Waals surface area contributed by atoms with Crippen LogP contribution in [0.4, 0.5) is 17.1 Å². The maximum absolute atomic E-state index is 12.3. The molecule has 0 aliphatic rings. The molecule has 0 spiro atoms. The zero-order valence-corrected chi connectivity index (χ0v) is 15.7. The van der Waals surface area contributed by atoms with Crippen LogP contribution in [-0.2, 0) is 9.59 Å². The van der Waals surface area contributed by atoms with Crippen molar-refractivity contribution in [3.05, 3.63) is 47.5 Å². The van der Waals surface area contributed by atoms with Crippen LogP contribution in [0.2, 0.25) is 5.02 Å². The van der Waals surface area contributed by atoms with Gasteiger partial charge in [-0.3, -0.25) is 9.59 Å². The second-order valence-corrected chi connectivity index (χ2v) is 6.09. The highest BCUT2D eigenvalue weighted by Gasteiger charge is 2.14. The maximum Gasteiger partial charge on any atom is 0.246 e. The molecule has 3 N–H and O–H groups in total. The molecule has 0 heterocycles. The van der Waals surface area contributed by atoms with Crippen molar-refractivity contribution in [1.82, 2.24) is 0 Å². The Kier molecular flexibility index (Phi) is 6.86. The first-order valence-electron chi connectivity index (χ1n) is 8.23. The number of carbonyl (C=O) groups excluding carboxylic acids is 2. The average Bonchev–Trinajstić information content (AvgIpc) is 2.63. The van der Waals surface area contributed by atoms with Gasteiger partial charge in [0.25, 0.3) is 0 Å². The van der Waals surface area contributed by atoms with Gasteiger partial charge in [0.05, 0.1) is 12.1 Å². The molecule has 0 aliphatic carbocycles. The Morgan fingerprint density at radius 2 is 1.65 bits per heavy atom. The third kappa shape index (κ3) is 5.39. The SMILES string of the molecule is CCC(=O)Nc1ccc(NC(C)C(=O)Nc2ccc(OC)c(Cl)c2)cc1. The molecular formula is C19H22ClN3O3. The number of hydrogen-bond acceptors (Lipinski definition) is 4. The number of ether oxygens (including phenoxy) is 1. The summed E-state index contributed by atoms with van der Waals surface area (Å²) in [6, 6.07) is 11.8. The van der Waals surface area contributed by atoms with Crippen LogP contribution < -0.4 is 20.7 Å². The van der Waals surface area contributed by atoms with Gasteiger partial charge in [-0.2, -0.15) is 0 Å². The molecule has 6 nitrogen and oxygen atoms in total. The monoisotopic (exact) mass is 375 g/mol. The number of amides is 2. The van der Waals surface area contributed by atoms with Crippen LogP contribution in [0.3, 0.4) is 0 Å². The molecule has 2 aromatic rings. The number of halogens is 1. The number of nitrogens with one attached hydrogen (secondary N) is 3. The minimum absolute atomic E-state index is 0.0448. The van der Waals surface area contributed by atoms with Gasteiger partial charge in [-0.05, 0) is 49.4 Å². The van der Waals surface area contributed by atoms with Crippen molar-refractivity contribution in [2.45, 2.75) is 26.3 Å². The molecule has 0 radical (unpaired) electrons. The topological polar surface area (TPSA) is 79.5 Å². The fraction of sp³-hybridized carbons (Fsp3) is 0.263. The van der Waals surface area contributed by atoms with Crippen LogP contribution in [0, 0.1) is 0 Å². The molecule has 7 heteroatoms. The van der Waals surface area contributed by atoms with Crippen LogP contribution in [-0.4, -0.2) is 25.0 Å². The maximum atomic E-state index is 12.3.